The van der Waals surface area contributed by atoms with Crippen molar-refractivity contribution < 1.29 is 19.4 Å². The van der Waals surface area contributed by atoms with Gasteiger partial charge in [-0.3, -0.25) is 9.48 Å². The number of nitrogens with one attached hydrogen (secondary N) is 1. The monoisotopic (exact) mass is 317 g/mol. The van der Waals surface area contributed by atoms with Gasteiger partial charge in [0, 0.05) is 6.20 Å². The van der Waals surface area contributed by atoms with Crippen LogP contribution in [-0.4, -0.2) is 33.9 Å². The van der Waals surface area contributed by atoms with E-state index in [0.717, 1.165) is 0 Å². The summed E-state index contributed by atoms with van der Waals surface area (Å²) in [5, 5.41) is 16.0. The molecule has 2 aromatic rings. The minimum Gasteiger partial charge on any atom is -0.497 e. The van der Waals surface area contributed by atoms with Crippen LogP contribution < -0.4 is 10.1 Å². The SMILES string of the molecule is COc1ccc(NC(=O)c2cnn(C(C)(C)C)c2)c(C(=O)O)c1. The van der Waals surface area contributed by atoms with Gasteiger partial charge in [-0.1, -0.05) is 0 Å². The van der Waals surface area contributed by atoms with Crippen molar-refractivity contribution >= 4 is 17.6 Å². The standard InChI is InChI=1S/C16H19N3O4/c1-16(2,3)19-9-10(8-17-19)14(20)18-13-6-5-11(23-4)7-12(13)15(21)22/h5-9H,1-4H3,(H,18,20)(H,21,22). The number of rotatable bonds is 4. The predicted octanol–water partition coefficient (Wildman–Crippen LogP) is 2.60. The first kappa shape index (κ1) is 16.5. The highest BCUT2D eigenvalue weighted by Crippen LogP contribution is 2.23. The van der Waals surface area contributed by atoms with Crippen LogP contribution in [0.15, 0.2) is 30.6 Å². The summed E-state index contributed by atoms with van der Waals surface area (Å²) in [6, 6.07) is 4.44. The number of benzene rings is 1. The van der Waals surface area contributed by atoms with E-state index in [0.29, 0.717) is 11.3 Å². The second-order valence-electron chi connectivity index (χ2n) is 6.02. The molecule has 7 nitrogen and oxygen atoms in total. The smallest absolute Gasteiger partial charge is 0.337 e. The summed E-state index contributed by atoms with van der Waals surface area (Å²) < 4.78 is 6.68. The average Bonchev–Trinajstić information content (AvgIpc) is 2.97. The van der Waals surface area contributed by atoms with Crippen molar-refractivity contribution in [3.63, 3.8) is 0 Å². The van der Waals surface area contributed by atoms with E-state index in [2.05, 4.69) is 10.4 Å². The zero-order valence-corrected chi connectivity index (χ0v) is 13.5. The van der Waals surface area contributed by atoms with Crippen LogP contribution in [0.2, 0.25) is 0 Å². The Kier molecular flexibility index (Phi) is 4.40. The molecule has 7 heteroatoms. The molecule has 0 saturated heterocycles. The number of carbonyl (C=O) groups is 2. The van der Waals surface area contributed by atoms with E-state index in [4.69, 9.17) is 4.74 Å². The fourth-order valence-corrected chi connectivity index (χ4v) is 1.94. The van der Waals surface area contributed by atoms with Gasteiger partial charge in [-0.25, -0.2) is 4.79 Å². The number of carbonyl (C=O) groups excluding carboxylic acids is 1. The van der Waals surface area contributed by atoms with Crippen molar-refractivity contribution in [1.29, 1.82) is 0 Å². The number of amides is 1. The molecule has 0 atom stereocenters. The van der Waals surface area contributed by atoms with Crippen LogP contribution in [0.25, 0.3) is 0 Å². The van der Waals surface area contributed by atoms with E-state index in [1.165, 1.54) is 25.4 Å². The largest absolute Gasteiger partial charge is 0.497 e. The molecule has 0 bridgehead atoms. The van der Waals surface area contributed by atoms with Gasteiger partial charge in [0.25, 0.3) is 5.91 Å². The molecule has 122 valence electrons. The molecular weight excluding hydrogens is 298 g/mol. The van der Waals surface area contributed by atoms with Crippen LogP contribution in [-0.2, 0) is 5.54 Å². The van der Waals surface area contributed by atoms with Gasteiger partial charge in [-0.2, -0.15) is 5.10 Å². The summed E-state index contributed by atoms with van der Waals surface area (Å²) in [6.07, 6.45) is 3.07. The summed E-state index contributed by atoms with van der Waals surface area (Å²) in [5.74, 6) is -1.17. The predicted molar refractivity (Wildman–Crippen MR) is 85.1 cm³/mol. The van der Waals surface area contributed by atoms with E-state index >= 15 is 0 Å². The van der Waals surface area contributed by atoms with Crippen LogP contribution in [0, 0.1) is 0 Å². The molecule has 23 heavy (non-hydrogen) atoms. The molecule has 0 unspecified atom stereocenters. The molecule has 0 spiro atoms. The molecule has 2 rings (SSSR count). The van der Waals surface area contributed by atoms with Crippen molar-refractivity contribution in [2.75, 3.05) is 12.4 Å². The van der Waals surface area contributed by atoms with Crippen molar-refractivity contribution in [1.82, 2.24) is 9.78 Å². The number of carboxylic acids is 1. The quantitative estimate of drug-likeness (QED) is 0.904. The first-order valence-corrected chi connectivity index (χ1v) is 7.00. The number of ether oxygens (including phenoxy) is 1. The summed E-state index contributed by atoms with van der Waals surface area (Å²) in [5.41, 5.74) is 0.269. The van der Waals surface area contributed by atoms with Gasteiger partial charge in [0.05, 0.1) is 35.7 Å². The minimum absolute atomic E-state index is 0.0408. The third-order valence-electron chi connectivity index (χ3n) is 3.24. The van der Waals surface area contributed by atoms with Gasteiger partial charge in [0.1, 0.15) is 5.75 Å². The van der Waals surface area contributed by atoms with E-state index in [9.17, 15) is 14.7 Å². The Balaban J connectivity index is 2.27. The topological polar surface area (TPSA) is 93.5 Å². The van der Waals surface area contributed by atoms with E-state index in [-0.39, 0.29) is 16.8 Å². The molecule has 1 heterocycles. The van der Waals surface area contributed by atoms with Gasteiger partial charge >= 0.3 is 5.97 Å². The van der Waals surface area contributed by atoms with Crippen molar-refractivity contribution in [2.24, 2.45) is 0 Å². The second-order valence-corrected chi connectivity index (χ2v) is 6.02. The zero-order valence-electron chi connectivity index (χ0n) is 13.5. The number of methoxy groups -OCH3 is 1. The Bertz CT molecular complexity index is 744. The summed E-state index contributed by atoms with van der Waals surface area (Å²) in [6.45, 7) is 5.90. The van der Waals surface area contributed by atoms with Crippen LogP contribution >= 0.6 is 0 Å². The molecule has 0 radical (unpaired) electrons. The summed E-state index contributed by atoms with van der Waals surface area (Å²) in [7, 11) is 1.44. The highest BCUT2D eigenvalue weighted by molar-refractivity contribution is 6.07. The fourth-order valence-electron chi connectivity index (χ4n) is 1.94. The second kappa shape index (κ2) is 6.12. The van der Waals surface area contributed by atoms with Crippen molar-refractivity contribution in [3.8, 4) is 5.75 Å². The third kappa shape index (κ3) is 3.68. The van der Waals surface area contributed by atoms with Crippen molar-refractivity contribution in [3.05, 3.63) is 41.7 Å². The molecule has 0 aliphatic heterocycles. The number of nitrogens with zero attached hydrogens (tertiary/aromatic N) is 2. The molecule has 2 N–H and O–H groups in total. The number of carboxylic acid groups (broad SMARTS) is 1. The van der Waals surface area contributed by atoms with Crippen LogP contribution in [0.1, 0.15) is 41.5 Å². The number of hydrogen-bond donors (Lipinski definition) is 2. The van der Waals surface area contributed by atoms with Crippen LogP contribution in [0.5, 0.6) is 5.75 Å². The normalized spacial score (nSPS) is 11.1. The summed E-state index contributed by atoms with van der Waals surface area (Å²) >= 11 is 0. The van der Waals surface area contributed by atoms with E-state index < -0.39 is 11.9 Å². The Morgan fingerprint density at radius 1 is 1.30 bits per heavy atom. The first-order valence-electron chi connectivity index (χ1n) is 7.00. The zero-order chi connectivity index (χ0) is 17.2. The number of aromatic nitrogens is 2. The highest BCUT2D eigenvalue weighted by atomic mass is 16.5. The number of anilines is 1. The average molecular weight is 317 g/mol. The maximum atomic E-state index is 12.3. The Morgan fingerprint density at radius 2 is 2.00 bits per heavy atom. The van der Waals surface area contributed by atoms with Gasteiger partial charge in [-0.05, 0) is 39.0 Å². The Hall–Kier alpha value is -2.83. The molecule has 0 aliphatic carbocycles. The van der Waals surface area contributed by atoms with E-state index in [1.54, 1.807) is 16.9 Å². The van der Waals surface area contributed by atoms with E-state index in [1.807, 2.05) is 20.8 Å². The molecular formula is C16H19N3O4. The van der Waals surface area contributed by atoms with Gasteiger partial charge in [0.15, 0.2) is 0 Å². The number of hydrogen-bond acceptors (Lipinski definition) is 4. The van der Waals surface area contributed by atoms with Crippen LogP contribution in [0.4, 0.5) is 5.69 Å². The lowest BCUT2D eigenvalue weighted by Gasteiger charge is -2.18. The molecule has 1 aromatic carbocycles. The molecule has 1 aromatic heterocycles. The lowest BCUT2D eigenvalue weighted by Crippen LogP contribution is -2.22. The molecule has 0 fully saturated rings. The van der Waals surface area contributed by atoms with Gasteiger partial charge in [-0.15, -0.1) is 0 Å². The van der Waals surface area contributed by atoms with Crippen LogP contribution in [0.3, 0.4) is 0 Å². The van der Waals surface area contributed by atoms with Gasteiger partial charge < -0.3 is 15.2 Å². The molecule has 1 amide bonds. The van der Waals surface area contributed by atoms with Crippen molar-refractivity contribution in [2.45, 2.75) is 26.3 Å². The minimum atomic E-state index is -1.15. The Morgan fingerprint density at radius 3 is 2.52 bits per heavy atom. The third-order valence-corrected chi connectivity index (χ3v) is 3.24. The lowest BCUT2D eigenvalue weighted by molar-refractivity contribution is 0.0697. The Labute approximate surface area is 133 Å². The fraction of sp³-hybridized carbons (Fsp3) is 0.312. The lowest BCUT2D eigenvalue weighted by atomic mass is 10.1. The van der Waals surface area contributed by atoms with Gasteiger partial charge in [0.2, 0.25) is 0 Å². The maximum absolute atomic E-state index is 12.3. The summed E-state index contributed by atoms with van der Waals surface area (Å²) in [4.78, 5) is 23.6. The molecule has 0 saturated carbocycles. The molecule has 0 aliphatic rings. The highest BCUT2D eigenvalue weighted by Gasteiger charge is 2.19. The maximum Gasteiger partial charge on any atom is 0.337 e. The first-order chi connectivity index (χ1) is 10.7. The number of aromatic carboxylic acids is 1.